The summed E-state index contributed by atoms with van der Waals surface area (Å²) in [6.45, 7) is 6.11. The van der Waals surface area contributed by atoms with Gasteiger partial charge < -0.3 is 15.4 Å². The second-order valence-corrected chi connectivity index (χ2v) is 5.49. The molecule has 2 N–H and O–H groups in total. The highest BCUT2D eigenvalue weighted by Gasteiger charge is 2.14. The fourth-order valence-electron chi connectivity index (χ4n) is 1.55. The van der Waals surface area contributed by atoms with Gasteiger partial charge in [0.25, 0.3) is 0 Å². The number of carbonyl (C=O) groups is 1. The number of rotatable bonds is 5. The third kappa shape index (κ3) is 6.83. The number of amides is 1. The fraction of sp³-hybridized carbons (Fsp3) is 0.438. The lowest BCUT2D eigenvalue weighted by Gasteiger charge is -2.19. The lowest BCUT2D eigenvalue weighted by Crippen LogP contribution is -2.32. The lowest BCUT2D eigenvalue weighted by atomic mass is 10.2. The highest BCUT2D eigenvalue weighted by molar-refractivity contribution is 5.67. The third-order valence-corrected chi connectivity index (χ3v) is 2.49. The molecule has 1 amide bonds. The second kappa shape index (κ2) is 7.58. The molecule has 0 aliphatic rings. The average molecular weight is 276 g/mol. The summed E-state index contributed by atoms with van der Waals surface area (Å²) in [6.07, 6.45) is 4.47. The molecule has 0 aliphatic heterocycles. The number of carbonyl (C=O) groups excluding carboxylic acids is 1. The first-order valence-corrected chi connectivity index (χ1v) is 6.82. The molecule has 4 heteroatoms. The van der Waals surface area contributed by atoms with Gasteiger partial charge in [-0.25, -0.2) is 4.79 Å². The van der Waals surface area contributed by atoms with Crippen LogP contribution < -0.4 is 10.6 Å². The van der Waals surface area contributed by atoms with Crippen molar-refractivity contribution < 1.29 is 9.53 Å². The molecule has 0 spiro atoms. The van der Waals surface area contributed by atoms with E-state index in [1.165, 1.54) is 0 Å². The van der Waals surface area contributed by atoms with Gasteiger partial charge in [0.2, 0.25) is 0 Å². The summed E-state index contributed by atoms with van der Waals surface area (Å²) < 4.78 is 5.15. The number of ether oxygens (including phenoxy) is 1. The van der Waals surface area contributed by atoms with Gasteiger partial charge >= 0.3 is 6.09 Å². The number of benzene rings is 1. The van der Waals surface area contributed by atoms with Crippen LogP contribution in [0, 0.1) is 0 Å². The van der Waals surface area contributed by atoms with Crippen LogP contribution in [0.2, 0.25) is 0 Å². The molecule has 4 nitrogen and oxygen atoms in total. The Morgan fingerprint density at radius 2 is 1.90 bits per heavy atom. The Labute approximate surface area is 121 Å². The zero-order chi connectivity index (χ0) is 15.0. The van der Waals surface area contributed by atoms with E-state index in [0.29, 0.717) is 6.54 Å². The molecular formula is C16H24N2O2. The van der Waals surface area contributed by atoms with Crippen molar-refractivity contribution in [3.05, 3.63) is 35.9 Å². The van der Waals surface area contributed by atoms with E-state index in [-0.39, 0.29) is 6.09 Å². The largest absolute Gasteiger partial charge is 0.444 e. The molecule has 0 unspecified atom stereocenters. The van der Waals surface area contributed by atoms with E-state index in [4.69, 9.17) is 4.74 Å². The molecule has 0 radical (unpaired) electrons. The Kier molecular flexibility index (Phi) is 6.10. The van der Waals surface area contributed by atoms with Gasteiger partial charge in [-0.05, 0) is 44.9 Å². The van der Waals surface area contributed by atoms with Gasteiger partial charge in [-0.3, -0.25) is 0 Å². The molecule has 0 atom stereocenters. The van der Waals surface area contributed by atoms with E-state index < -0.39 is 5.60 Å². The first kappa shape index (κ1) is 16.1. The molecule has 0 heterocycles. The van der Waals surface area contributed by atoms with Crippen LogP contribution in [0.3, 0.4) is 0 Å². The Hall–Kier alpha value is -1.97. The molecule has 1 aromatic rings. The first-order valence-electron chi connectivity index (χ1n) is 6.82. The predicted molar refractivity (Wildman–Crippen MR) is 83.9 cm³/mol. The summed E-state index contributed by atoms with van der Waals surface area (Å²) in [5, 5.41) is 5.80. The number of alkyl carbamates (subject to hydrolysis) is 1. The van der Waals surface area contributed by atoms with Crippen LogP contribution in [0.1, 0.15) is 32.8 Å². The fourth-order valence-corrected chi connectivity index (χ4v) is 1.55. The van der Waals surface area contributed by atoms with Gasteiger partial charge in [-0.2, -0.15) is 0 Å². The van der Waals surface area contributed by atoms with Crippen LogP contribution in [0.5, 0.6) is 0 Å². The van der Waals surface area contributed by atoms with E-state index in [1.807, 2.05) is 64.2 Å². The molecule has 1 aromatic carbocycles. The minimum absolute atomic E-state index is 0.371. The minimum Gasteiger partial charge on any atom is -0.444 e. The van der Waals surface area contributed by atoms with Gasteiger partial charge in [0, 0.05) is 19.3 Å². The molecule has 0 saturated carbocycles. The quantitative estimate of drug-likeness (QED) is 0.807. The van der Waals surface area contributed by atoms with Crippen molar-refractivity contribution in [1.82, 2.24) is 5.32 Å². The number of hydrogen-bond donors (Lipinski definition) is 2. The summed E-state index contributed by atoms with van der Waals surface area (Å²) in [5.41, 5.74) is 1.78. The molecule has 0 aliphatic carbocycles. The maximum Gasteiger partial charge on any atom is 0.407 e. The van der Waals surface area contributed by atoms with Crippen LogP contribution in [-0.2, 0) is 4.74 Å². The molecular weight excluding hydrogens is 252 g/mol. The van der Waals surface area contributed by atoms with Gasteiger partial charge in [0.1, 0.15) is 5.60 Å². The SMILES string of the molecule is CNc1ccc(C=CCCNC(=O)OC(C)(C)C)cc1. The standard InChI is InChI=1S/C16H24N2O2/c1-16(2,3)20-15(19)18-12-6-5-7-13-8-10-14(17-4)11-9-13/h5,7-11,17H,6,12H2,1-4H3,(H,18,19). The topological polar surface area (TPSA) is 50.4 Å². The molecule has 0 bridgehead atoms. The average Bonchev–Trinajstić information content (AvgIpc) is 2.37. The summed E-state index contributed by atoms with van der Waals surface area (Å²) in [7, 11) is 1.90. The normalized spacial score (nSPS) is 11.4. The lowest BCUT2D eigenvalue weighted by molar-refractivity contribution is 0.0529. The monoisotopic (exact) mass is 276 g/mol. The van der Waals surface area contributed by atoms with E-state index in [1.54, 1.807) is 0 Å². The molecule has 20 heavy (non-hydrogen) atoms. The maximum absolute atomic E-state index is 11.4. The molecule has 1 rings (SSSR count). The second-order valence-electron chi connectivity index (χ2n) is 5.49. The van der Waals surface area contributed by atoms with Crippen molar-refractivity contribution >= 4 is 17.9 Å². The van der Waals surface area contributed by atoms with Crippen molar-refractivity contribution in [1.29, 1.82) is 0 Å². The first-order chi connectivity index (χ1) is 9.40. The zero-order valence-corrected chi connectivity index (χ0v) is 12.7. The third-order valence-electron chi connectivity index (χ3n) is 2.49. The Balaban J connectivity index is 2.26. The van der Waals surface area contributed by atoms with Crippen LogP contribution in [-0.4, -0.2) is 25.3 Å². The molecule has 110 valence electrons. The van der Waals surface area contributed by atoms with E-state index >= 15 is 0 Å². The number of nitrogens with one attached hydrogen (secondary N) is 2. The highest BCUT2D eigenvalue weighted by atomic mass is 16.6. The Bertz CT molecular complexity index is 445. The van der Waals surface area contributed by atoms with Crippen molar-refractivity contribution in [2.24, 2.45) is 0 Å². The maximum atomic E-state index is 11.4. The van der Waals surface area contributed by atoms with Gasteiger partial charge in [0.15, 0.2) is 0 Å². The predicted octanol–water partition coefficient (Wildman–Crippen LogP) is 3.66. The number of hydrogen-bond acceptors (Lipinski definition) is 3. The Morgan fingerprint density at radius 3 is 2.45 bits per heavy atom. The van der Waals surface area contributed by atoms with Crippen molar-refractivity contribution in [2.75, 3.05) is 18.9 Å². The Morgan fingerprint density at radius 1 is 1.25 bits per heavy atom. The van der Waals surface area contributed by atoms with Gasteiger partial charge in [0.05, 0.1) is 0 Å². The van der Waals surface area contributed by atoms with Crippen LogP contribution in [0.25, 0.3) is 6.08 Å². The number of anilines is 1. The summed E-state index contributed by atoms with van der Waals surface area (Å²) in [6, 6.07) is 8.14. The summed E-state index contributed by atoms with van der Waals surface area (Å²) >= 11 is 0. The van der Waals surface area contributed by atoms with E-state index in [2.05, 4.69) is 10.6 Å². The van der Waals surface area contributed by atoms with Crippen LogP contribution in [0.15, 0.2) is 30.3 Å². The molecule has 0 aromatic heterocycles. The highest BCUT2D eigenvalue weighted by Crippen LogP contribution is 2.10. The van der Waals surface area contributed by atoms with E-state index in [0.717, 1.165) is 17.7 Å². The van der Waals surface area contributed by atoms with Crippen molar-refractivity contribution in [3.8, 4) is 0 Å². The van der Waals surface area contributed by atoms with Gasteiger partial charge in [-0.1, -0.05) is 24.3 Å². The van der Waals surface area contributed by atoms with Crippen molar-refractivity contribution in [3.63, 3.8) is 0 Å². The van der Waals surface area contributed by atoms with Gasteiger partial charge in [-0.15, -0.1) is 0 Å². The molecule has 0 fully saturated rings. The van der Waals surface area contributed by atoms with Crippen molar-refractivity contribution in [2.45, 2.75) is 32.8 Å². The molecule has 0 saturated heterocycles. The van der Waals surface area contributed by atoms with E-state index in [9.17, 15) is 4.79 Å². The summed E-state index contributed by atoms with van der Waals surface area (Å²) in [4.78, 5) is 11.4. The van der Waals surface area contributed by atoms with Crippen LogP contribution >= 0.6 is 0 Å². The van der Waals surface area contributed by atoms with Crippen LogP contribution in [0.4, 0.5) is 10.5 Å². The summed E-state index contributed by atoms with van der Waals surface area (Å²) in [5.74, 6) is 0. The minimum atomic E-state index is -0.449. The smallest absolute Gasteiger partial charge is 0.407 e. The zero-order valence-electron chi connectivity index (χ0n) is 12.7.